The molecular formula is C27H27ClN4O2. The third kappa shape index (κ3) is 4.65. The van der Waals surface area contributed by atoms with Crippen molar-refractivity contribution in [2.24, 2.45) is 0 Å². The fourth-order valence-electron chi connectivity index (χ4n) is 4.61. The Morgan fingerprint density at radius 2 is 1.88 bits per heavy atom. The van der Waals surface area contributed by atoms with Crippen molar-refractivity contribution in [2.45, 2.75) is 6.54 Å². The van der Waals surface area contributed by atoms with Crippen LogP contribution in [0.5, 0.6) is 5.75 Å². The highest BCUT2D eigenvalue weighted by molar-refractivity contribution is 6.30. The molecule has 174 valence electrons. The van der Waals surface area contributed by atoms with Crippen LogP contribution in [-0.2, 0) is 6.54 Å². The van der Waals surface area contributed by atoms with Gasteiger partial charge in [-0.15, -0.1) is 0 Å². The molecule has 1 amide bonds. The summed E-state index contributed by atoms with van der Waals surface area (Å²) in [6.07, 6.45) is 7.77. The molecule has 1 aromatic heterocycles. The van der Waals surface area contributed by atoms with Crippen molar-refractivity contribution >= 4 is 35.0 Å². The Morgan fingerprint density at radius 3 is 2.68 bits per heavy atom. The van der Waals surface area contributed by atoms with E-state index >= 15 is 0 Å². The normalized spacial score (nSPS) is 15.8. The predicted molar refractivity (Wildman–Crippen MR) is 136 cm³/mol. The largest absolute Gasteiger partial charge is 0.496 e. The van der Waals surface area contributed by atoms with E-state index in [1.54, 1.807) is 13.3 Å². The summed E-state index contributed by atoms with van der Waals surface area (Å²) >= 11 is 6.06. The van der Waals surface area contributed by atoms with Gasteiger partial charge in [0.25, 0.3) is 5.91 Å². The van der Waals surface area contributed by atoms with Crippen LogP contribution in [0.2, 0.25) is 5.02 Å². The zero-order valence-electron chi connectivity index (χ0n) is 19.2. The van der Waals surface area contributed by atoms with E-state index in [0.717, 1.165) is 43.1 Å². The maximum atomic E-state index is 13.4. The molecule has 6 nitrogen and oxygen atoms in total. The van der Waals surface area contributed by atoms with Crippen molar-refractivity contribution in [3.05, 3.63) is 88.7 Å². The lowest BCUT2D eigenvalue weighted by molar-refractivity contribution is 0.0625. The highest BCUT2D eigenvalue weighted by Gasteiger charge is 2.25. The molecule has 2 aromatic carbocycles. The van der Waals surface area contributed by atoms with Crippen LogP contribution < -0.4 is 9.64 Å². The van der Waals surface area contributed by atoms with E-state index in [-0.39, 0.29) is 5.91 Å². The van der Waals surface area contributed by atoms with Gasteiger partial charge in [-0.05, 0) is 35.4 Å². The molecular weight excluding hydrogens is 448 g/mol. The SMILES string of the molecule is COc1cc(N2CC=Cc3ccccc32)ccc1C(=O)N1CCN(Cc2cncc(Cl)c2)CC1. The number of aromatic nitrogens is 1. The van der Waals surface area contributed by atoms with Gasteiger partial charge in [-0.25, -0.2) is 0 Å². The molecule has 2 aliphatic heterocycles. The molecule has 2 aliphatic rings. The zero-order valence-corrected chi connectivity index (χ0v) is 19.9. The number of amides is 1. The van der Waals surface area contributed by atoms with E-state index in [4.69, 9.17) is 16.3 Å². The van der Waals surface area contributed by atoms with Crippen molar-refractivity contribution < 1.29 is 9.53 Å². The highest BCUT2D eigenvalue weighted by Crippen LogP contribution is 2.35. The van der Waals surface area contributed by atoms with Crippen LogP contribution >= 0.6 is 11.6 Å². The lowest BCUT2D eigenvalue weighted by Crippen LogP contribution is -2.48. The van der Waals surface area contributed by atoms with Gasteiger partial charge in [0.2, 0.25) is 0 Å². The van der Waals surface area contributed by atoms with Gasteiger partial charge in [-0.2, -0.15) is 0 Å². The summed E-state index contributed by atoms with van der Waals surface area (Å²) in [6.45, 7) is 4.49. The van der Waals surface area contributed by atoms with Gasteiger partial charge in [-0.3, -0.25) is 14.7 Å². The lowest BCUT2D eigenvalue weighted by Gasteiger charge is -2.35. The monoisotopic (exact) mass is 474 g/mol. The second kappa shape index (κ2) is 9.87. The Morgan fingerprint density at radius 1 is 1.06 bits per heavy atom. The van der Waals surface area contributed by atoms with Gasteiger partial charge in [0, 0.05) is 69.1 Å². The number of anilines is 2. The van der Waals surface area contributed by atoms with Crippen LogP contribution in [0.3, 0.4) is 0 Å². The molecule has 3 heterocycles. The number of benzene rings is 2. The van der Waals surface area contributed by atoms with Crippen molar-refractivity contribution in [3.8, 4) is 5.75 Å². The third-order valence-electron chi connectivity index (χ3n) is 6.37. The molecule has 0 bridgehead atoms. The minimum atomic E-state index is 0.00594. The van der Waals surface area contributed by atoms with E-state index in [0.29, 0.717) is 29.4 Å². The number of halogens is 1. The summed E-state index contributed by atoms with van der Waals surface area (Å²) in [5.74, 6) is 0.605. The third-order valence-corrected chi connectivity index (χ3v) is 6.57. The smallest absolute Gasteiger partial charge is 0.257 e. The standard InChI is InChI=1S/C27H27ClN4O2/c1-34-26-16-23(32-10-4-6-21-5-2-3-7-25(21)32)8-9-24(26)27(33)31-13-11-30(12-14-31)19-20-15-22(28)18-29-17-20/h2-9,15-18H,10-14,19H2,1H3. The fraction of sp³-hybridized carbons (Fsp3) is 0.259. The van der Waals surface area contributed by atoms with Crippen LogP contribution in [0.4, 0.5) is 11.4 Å². The Hall–Kier alpha value is -3.35. The molecule has 0 atom stereocenters. The average molecular weight is 475 g/mol. The van der Waals surface area contributed by atoms with Crippen molar-refractivity contribution in [1.29, 1.82) is 0 Å². The number of fused-ring (bicyclic) bond motifs is 1. The number of rotatable bonds is 5. The van der Waals surface area contributed by atoms with E-state index in [1.807, 2.05) is 47.5 Å². The zero-order chi connectivity index (χ0) is 23.5. The number of piperazine rings is 1. The molecule has 0 radical (unpaired) electrons. The van der Waals surface area contributed by atoms with Crippen LogP contribution in [0.15, 0.2) is 67.0 Å². The first kappa shape index (κ1) is 22.4. The van der Waals surface area contributed by atoms with Crippen molar-refractivity contribution in [3.63, 3.8) is 0 Å². The number of ether oxygens (including phenoxy) is 1. The number of hydrogen-bond donors (Lipinski definition) is 0. The Bertz CT molecular complexity index is 1220. The van der Waals surface area contributed by atoms with Gasteiger partial charge in [-0.1, -0.05) is 42.0 Å². The quantitative estimate of drug-likeness (QED) is 0.528. The summed E-state index contributed by atoms with van der Waals surface area (Å²) in [7, 11) is 1.62. The molecule has 5 rings (SSSR count). The van der Waals surface area contributed by atoms with E-state index in [1.165, 1.54) is 5.56 Å². The summed E-state index contributed by atoms with van der Waals surface area (Å²) in [5.41, 5.74) is 5.01. The number of para-hydroxylation sites is 1. The van der Waals surface area contributed by atoms with Gasteiger partial charge in [0.1, 0.15) is 5.75 Å². The molecule has 0 unspecified atom stereocenters. The molecule has 1 fully saturated rings. The lowest BCUT2D eigenvalue weighted by atomic mass is 10.1. The minimum absolute atomic E-state index is 0.00594. The average Bonchev–Trinajstić information content (AvgIpc) is 2.88. The Kier molecular flexibility index (Phi) is 6.52. The maximum Gasteiger partial charge on any atom is 0.257 e. The first-order valence-electron chi connectivity index (χ1n) is 11.4. The summed E-state index contributed by atoms with van der Waals surface area (Å²) < 4.78 is 5.67. The number of nitrogens with zero attached hydrogens (tertiary/aromatic N) is 4. The second-order valence-electron chi connectivity index (χ2n) is 8.54. The number of methoxy groups -OCH3 is 1. The van der Waals surface area contributed by atoms with Crippen LogP contribution in [0.1, 0.15) is 21.5 Å². The molecule has 0 spiro atoms. The maximum absolute atomic E-state index is 13.4. The van der Waals surface area contributed by atoms with E-state index in [9.17, 15) is 4.79 Å². The minimum Gasteiger partial charge on any atom is -0.496 e. The van der Waals surface area contributed by atoms with Crippen molar-refractivity contribution in [1.82, 2.24) is 14.8 Å². The molecule has 34 heavy (non-hydrogen) atoms. The Labute approximate surface area is 205 Å². The van der Waals surface area contributed by atoms with Crippen LogP contribution in [-0.4, -0.2) is 60.5 Å². The van der Waals surface area contributed by atoms with Crippen LogP contribution in [0, 0.1) is 0 Å². The Balaban J connectivity index is 1.28. The number of hydrogen-bond acceptors (Lipinski definition) is 5. The predicted octanol–water partition coefficient (Wildman–Crippen LogP) is 4.87. The number of carbonyl (C=O) groups excluding carboxylic acids is 1. The van der Waals surface area contributed by atoms with Crippen LogP contribution in [0.25, 0.3) is 6.08 Å². The molecule has 0 aliphatic carbocycles. The fourth-order valence-corrected chi connectivity index (χ4v) is 4.80. The molecule has 7 heteroatoms. The second-order valence-corrected chi connectivity index (χ2v) is 8.97. The topological polar surface area (TPSA) is 48.9 Å². The number of pyridine rings is 1. The first-order valence-corrected chi connectivity index (χ1v) is 11.8. The molecule has 3 aromatic rings. The van der Waals surface area contributed by atoms with E-state index in [2.05, 4.69) is 39.1 Å². The van der Waals surface area contributed by atoms with Gasteiger partial charge in [0.05, 0.1) is 17.7 Å². The van der Waals surface area contributed by atoms with Gasteiger partial charge < -0.3 is 14.5 Å². The molecule has 1 saturated heterocycles. The van der Waals surface area contributed by atoms with Gasteiger partial charge >= 0.3 is 0 Å². The number of carbonyl (C=O) groups is 1. The summed E-state index contributed by atoms with van der Waals surface area (Å²) in [6, 6.07) is 16.1. The van der Waals surface area contributed by atoms with Crippen molar-refractivity contribution in [2.75, 3.05) is 44.7 Å². The molecule has 0 saturated carbocycles. The van der Waals surface area contributed by atoms with Gasteiger partial charge in [0.15, 0.2) is 0 Å². The first-order chi connectivity index (χ1) is 16.6. The summed E-state index contributed by atoms with van der Waals surface area (Å²) in [5, 5.41) is 0.644. The molecule has 0 N–H and O–H groups in total. The highest BCUT2D eigenvalue weighted by atomic mass is 35.5. The summed E-state index contributed by atoms with van der Waals surface area (Å²) in [4.78, 5) is 24.0. The van der Waals surface area contributed by atoms with E-state index < -0.39 is 0 Å².